The van der Waals surface area contributed by atoms with Gasteiger partial charge in [-0.1, -0.05) is 0 Å². The third-order valence-corrected chi connectivity index (χ3v) is 4.89. The van der Waals surface area contributed by atoms with Crippen LogP contribution in [0.5, 0.6) is 0 Å². The van der Waals surface area contributed by atoms with Gasteiger partial charge in [-0.2, -0.15) is 0 Å². The van der Waals surface area contributed by atoms with E-state index in [0.29, 0.717) is 6.54 Å². The number of sulfone groups is 1. The Morgan fingerprint density at radius 2 is 2.20 bits per heavy atom. The molecule has 15 heavy (non-hydrogen) atoms. The first-order chi connectivity index (χ1) is 7.02. The number of nitrogens with one attached hydrogen (secondary N) is 1. The van der Waals surface area contributed by atoms with Crippen LogP contribution in [0.1, 0.15) is 26.7 Å². The van der Waals surface area contributed by atoms with Gasteiger partial charge >= 0.3 is 0 Å². The molecule has 0 aromatic carbocycles. The van der Waals surface area contributed by atoms with Gasteiger partial charge < -0.3 is 10.1 Å². The molecular formula is C10H21NO3S. The Balaban J connectivity index is 2.11. The summed E-state index contributed by atoms with van der Waals surface area (Å²) in [4.78, 5) is 0. The Kier molecular flexibility index (Phi) is 5.02. The molecule has 0 aromatic heterocycles. The first kappa shape index (κ1) is 12.9. The first-order valence-corrected chi connectivity index (χ1v) is 7.28. The quantitative estimate of drug-likeness (QED) is 0.684. The standard InChI is InChI=1S/C10H21NO3S/c1-9(2)15(12,13)7-5-11-8-10-4-3-6-14-10/h9-11H,3-8H2,1-2H3. The maximum Gasteiger partial charge on any atom is 0.153 e. The maximum atomic E-state index is 11.5. The maximum absolute atomic E-state index is 11.5. The summed E-state index contributed by atoms with van der Waals surface area (Å²) in [5, 5.41) is 2.86. The molecular weight excluding hydrogens is 214 g/mol. The topological polar surface area (TPSA) is 55.4 Å². The summed E-state index contributed by atoms with van der Waals surface area (Å²) < 4.78 is 28.3. The summed E-state index contributed by atoms with van der Waals surface area (Å²) >= 11 is 0. The molecule has 1 N–H and O–H groups in total. The average Bonchev–Trinajstić information content (AvgIpc) is 2.64. The van der Waals surface area contributed by atoms with E-state index in [-0.39, 0.29) is 17.1 Å². The molecule has 0 saturated carbocycles. The third kappa shape index (κ3) is 4.49. The normalized spacial score (nSPS) is 22.5. The third-order valence-electron chi connectivity index (χ3n) is 2.68. The zero-order valence-corrected chi connectivity index (χ0v) is 10.3. The first-order valence-electron chi connectivity index (χ1n) is 5.56. The predicted molar refractivity (Wildman–Crippen MR) is 60.8 cm³/mol. The van der Waals surface area contributed by atoms with Gasteiger partial charge in [0.2, 0.25) is 0 Å². The molecule has 4 nitrogen and oxygen atoms in total. The summed E-state index contributed by atoms with van der Waals surface area (Å²) in [5.41, 5.74) is 0. The van der Waals surface area contributed by atoms with E-state index in [1.807, 2.05) is 0 Å². The zero-order valence-electron chi connectivity index (χ0n) is 9.53. The van der Waals surface area contributed by atoms with Crippen molar-refractivity contribution in [2.45, 2.75) is 38.0 Å². The average molecular weight is 235 g/mol. The molecule has 1 atom stereocenters. The predicted octanol–water partition coefficient (Wildman–Crippen LogP) is 0.578. The molecule has 90 valence electrons. The van der Waals surface area contributed by atoms with Gasteiger partial charge in [-0.05, 0) is 26.7 Å². The van der Waals surface area contributed by atoms with Gasteiger partial charge in [0.1, 0.15) is 0 Å². The Morgan fingerprint density at radius 1 is 1.47 bits per heavy atom. The van der Waals surface area contributed by atoms with E-state index >= 15 is 0 Å². The molecule has 1 saturated heterocycles. The Labute approximate surface area is 92.3 Å². The van der Waals surface area contributed by atoms with Crippen LogP contribution >= 0.6 is 0 Å². The molecule has 0 radical (unpaired) electrons. The highest BCUT2D eigenvalue weighted by molar-refractivity contribution is 7.92. The van der Waals surface area contributed by atoms with Gasteiger partial charge in [0.15, 0.2) is 9.84 Å². The number of ether oxygens (including phenoxy) is 1. The highest BCUT2D eigenvalue weighted by atomic mass is 32.2. The summed E-state index contributed by atoms with van der Waals surface area (Å²) in [5.74, 6) is 0.220. The number of hydrogen-bond donors (Lipinski definition) is 1. The second kappa shape index (κ2) is 5.82. The number of rotatable bonds is 6. The lowest BCUT2D eigenvalue weighted by Gasteiger charge is -2.11. The van der Waals surface area contributed by atoms with Crippen LogP contribution in [0.4, 0.5) is 0 Å². The largest absolute Gasteiger partial charge is 0.377 e. The van der Waals surface area contributed by atoms with Crippen LogP contribution in [-0.4, -0.2) is 45.2 Å². The van der Waals surface area contributed by atoms with E-state index in [9.17, 15) is 8.42 Å². The molecule has 1 unspecified atom stereocenters. The SMILES string of the molecule is CC(C)S(=O)(=O)CCNCC1CCCO1. The van der Waals surface area contributed by atoms with E-state index < -0.39 is 9.84 Å². The minimum atomic E-state index is -2.90. The van der Waals surface area contributed by atoms with Gasteiger partial charge in [0.05, 0.1) is 17.1 Å². The monoisotopic (exact) mass is 235 g/mol. The molecule has 1 heterocycles. The van der Waals surface area contributed by atoms with Gasteiger partial charge in [0.25, 0.3) is 0 Å². The molecule has 1 aliphatic rings. The van der Waals surface area contributed by atoms with Crippen molar-refractivity contribution < 1.29 is 13.2 Å². The second-order valence-corrected chi connectivity index (χ2v) is 6.93. The lowest BCUT2D eigenvalue weighted by Crippen LogP contribution is -2.32. The lowest BCUT2D eigenvalue weighted by molar-refractivity contribution is 0.110. The van der Waals surface area contributed by atoms with Crippen LogP contribution in [-0.2, 0) is 14.6 Å². The van der Waals surface area contributed by atoms with Crippen LogP contribution in [0.25, 0.3) is 0 Å². The van der Waals surface area contributed by atoms with Crippen molar-refractivity contribution in [2.75, 3.05) is 25.4 Å². The van der Waals surface area contributed by atoms with Crippen molar-refractivity contribution in [1.82, 2.24) is 5.32 Å². The van der Waals surface area contributed by atoms with Crippen LogP contribution in [0.15, 0.2) is 0 Å². The summed E-state index contributed by atoms with van der Waals surface area (Å²) in [6, 6.07) is 0. The highest BCUT2D eigenvalue weighted by Gasteiger charge is 2.17. The smallest absolute Gasteiger partial charge is 0.153 e. The Hall–Kier alpha value is -0.130. The highest BCUT2D eigenvalue weighted by Crippen LogP contribution is 2.10. The van der Waals surface area contributed by atoms with Crippen molar-refractivity contribution in [2.24, 2.45) is 0 Å². The van der Waals surface area contributed by atoms with Crippen LogP contribution in [0.2, 0.25) is 0 Å². The Morgan fingerprint density at radius 3 is 2.73 bits per heavy atom. The van der Waals surface area contributed by atoms with Gasteiger partial charge in [-0.25, -0.2) is 8.42 Å². The fraction of sp³-hybridized carbons (Fsp3) is 1.00. The summed E-state index contributed by atoms with van der Waals surface area (Å²) in [7, 11) is -2.90. The van der Waals surface area contributed by atoms with E-state index in [1.54, 1.807) is 13.8 Å². The van der Waals surface area contributed by atoms with Crippen molar-refractivity contribution >= 4 is 9.84 Å². The molecule has 1 fully saturated rings. The molecule has 0 amide bonds. The van der Waals surface area contributed by atoms with Crippen molar-refractivity contribution in [1.29, 1.82) is 0 Å². The second-order valence-electron chi connectivity index (χ2n) is 4.25. The molecule has 0 aromatic rings. The molecule has 1 rings (SSSR count). The van der Waals surface area contributed by atoms with Gasteiger partial charge in [-0.15, -0.1) is 0 Å². The molecule has 0 bridgehead atoms. The fourth-order valence-corrected chi connectivity index (χ4v) is 2.42. The van der Waals surface area contributed by atoms with Crippen LogP contribution < -0.4 is 5.32 Å². The number of hydrogen-bond acceptors (Lipinski definition) is 4. The van der Waals surface area contributed by atoms with Crippen LogP contribution in [0.3, 0.4) is 0 Å². The van der Waals surface area contributed by atoms with Crippen molar-refractivity contribution in [3.63, 3.8) is 0 Å². The minimum absolute atomic E-state index is 0.220. The lowest BCUT2D eigenvalue weighted by atomic mass is 10.2. The van der Waals surface area contributed by atoms with Gasteiger partial charge in [-0.3, -0.25) is 0 Å². The minimum Gasteiger partial charge on any atom is -0.377 e. The molecule has 1 aliphatic heterocycles. The molecule has 5 heteroatoms. The van der Waals surface area contributed by atoms with E-state index in [4.69, 9.17) is 4.74 Å². The van der Waals surface area contributed by atoms with Crippen molar-refractivity contribution in [3.05, 3.63) is 0 Å². The van der Waals surface area contributed by atoms with E-state index in [0.717, 1.165) is 26.0 Å². The van der Waals surface area contributed by atoms with Crippen molar-refractivity contribution in [3.8, 4) is 0 Å². The van der Waals surface area contributed by atoms with Gasteiger partial charge in [0, 0.05) is 19.7 Å². The molecule has 0 spiro atoms. The Bertz CT molecular complexity index is 268. The fourth-order valence-electron chi connectivity index (χ4n) is 1.52. The summed E-state index contributed by atoms with van der Waals surface area (Å²) in [6.07, 6.45) is 2.49. The van der Waals surface area contributed by atoms with E-state index in [1.165, 1.54) is 0 Å². The molecule has 0 aliphatic carbocycles. The van der Waals surface area contributed by atoms with Crippen LogP contribution in [0, 0.1) is 0 Å². The summed E-state index contributed by atoms with van der Waals surface area (Å²) in [6.45, 7) is 5.58. The van der Waals surface area contributed by atoms with E-state index in [2.05, 4.69) is 5.32 Å². The zero-order chi connectivity index (χ0) is 11.3.